The SMILES string of the molecule is CCCC[c-]1cccc1C.[F-].[F-].[Zr+4].c1ccc(P(c2ccccc2)c2cc3ccccc3[cH-]2)cc1. The summed E-state index contributed by atoms with van der Waals surface area (Å²) in [6, 6.07) is 41.6. The minimum atomic E-state index is -0.493. The number of fused-ring (bicyclic) bond motifs is 1. The number of halogens is 2. The van der Waals surface area contributed by atoms with E-state index in [0.29, 0.717) is 0 Å². The predicted molar refractivity (Wildman–Crippen MR) is 144 cm³/mol. The van der Waals surface area contributed by atoms with Gasteiger partial charge in [0.05, 0.1) is 0 Å². The molecule has 0 saturated carbocycles. The summed E-state index contributed by atoms with van der Waals surface area (Å²) in [5.41, 5.74) is 2.98. The summed E-state index contributed by atoms with van der Waals surface area (Å²) in [5.74, 6) is 0. The van der Waals surface area contributed by atoms with Crippen LogP contribution in [0.15, 0.2) is 115 Å². The van der Waals surface area contributed by atoms with Gasteiger partial charge in [-0.15, -0.1) is 40.3 Å². The van der Waals surface area contributed by atoms with Gasteiger partial charge in [0, 0.05) is 0 Å². The molecule has 0 aliphatic heterocycles. The van der Waals surface area contributed by atoms with Crippen molar-refractivity contribution in [3.8, 4) is 0 Å². The molecule has 0 atom stereocenters. The van der Waals surface area contributed by atoms with Crippen molar-refractivity contribution in [2.24, 2.45) is 0 Å². The van der Waals surface area contributed by atoms with Gasteiger partial charge in [-0.2, -0.15) is 23.3 Å². The molecule has 0 nitrogen and oxygen atoms in total. The third-order valence-corrected chi connectivity index (χ3v) is 8.24. The molecule has 0 bridgehead atoms. The van der Waals surface area contributed by atoms with Gasteiger partial charge in [0.25, 0.3) is 0 Å². The first kappa shape index (κ1) is 30.8. The Bertz CT molecular complexity index is 1160. The van der Waals surface area contributed by atoms with Crippen LogP contribution in [0.4, 0.5) is 0 Å². The second-order valence-electron chi connectivity index (χ2n) is 8.19. The van der Waals surface area contributed by atoms with Crippen molar-refractivity contribution in [2.75, 3.05) is 0 Å². The van der Waals surface area contributed by atoms with E-state index in [0.717, 1.165) is 0 Å². The Hall–Kier alpha value is -2.21. The number of aryl methyl sites for hydroxylation is 2. The Morgan fingerprint density at radius 3 is 1.83 bits per heavy atom. The fourth-order valence-corrected chi connectivity index (χ4v) is 6.43. The molecule has 4 heteroatoms. The zero-order valence-corrected chi connectivity index (χ0v) is 23.6. The van der Waals surface area contributed by atoms with Gasteiger partial charge in [-0.05, 0) is 18.5 Å². The number of unbranched alkanes of at least 4 members (excludes halogenated alkanes) is 1. The van der Waals surface area contributed by atoms with Crippen LogP contribution in [0.3, 0.4) is 0 Å². The molecule has 0 unspecified atom stereocenters. The predicted octanol–water partition coefficient (Wildman–Crippen LogP) is 1.38. The molecule has 0 aliphatic carbocycles. The number of rotatable bonds is 6. The van der Waals surface area contributed by atoms with Gasteiger partial charge in [-0.25, -0.2) is 12.1 Å². The van der Waals surface area contributed by atoms with E-state index in [4.69, 9.17) is 0 Å². The van der Waals surface area contributed by atoms with Crippen molar-refractivity contribution in [1.29, 1.82) is 0 Å². The molecule has 0 saturated heterocycles. The molecule has 35 heavy (non-hydrogen) atoms. The molecule has 5 aromatic rings. The average molecular weight is 564 g/mol. The normalized spacial score (nSPS) is 9.91. The summed E-state index contributed by atoms with van der Waals surface area (Å²) >= 11 is 0. The zero-order chi connectivity index (χ0) is 22.2. The van der Waals surface area contributed by atoms with Gasteiger partial charge in [0.15, 0.2) is 0 Å². The van der Waals surface area contributed by atoms with Crippen LogP contribution < -0.4 is 25.3 Å². The molecular formula is C31H31F2PZr. The first-order valence-electron chi connectivity index (χ1n) is 11.5. The van der Waals surface area contributed by atoms with Gasteiger partial charge in [-0.1, -0.05) is 99.8 Å². The smallest absolute Gasteiger partial charge is 1.00 e. The summed E-state index contributed by atoms with van der Waals surface area (Å²) in [6.07, 6.45) is 3.88. The van der Waals surface area contributed by atoms with Crippen molar-refractivity contribution < 1.29 is 35.6 Å². The molecule has 0 spiro atoms. The zero-order valence-electron chi connectivity index (χ0n) is 20.3. The number of hydrogen-bond acceptors (Lipinski definition) is 0. The van der Waals surface area contributed by atoms with Gasteiger partial charge in [0.1, 0.15) is 0 Å². The summed E-state index contributed by atoms with van der Waals surface area (Å²) in [5, 5.41) is 6.89. The van der Waals surface area contributed by atoms with Gasteiger partial charge in [-0.3, -0.25) is 0 Å². The van der Waals surface area contributed by atoms with E-state index in [1.807, 2.05) is 0 Å². The summed E-state index contributed by atoms with van der Waals surface area (Å²) < 4.78 is 0. The van der Waals surface area contributed by atoms with Gasteiger partial charge in [0.2, 0.25) is 0 Å². The monoisotopic (exact) mass is 562 g/mol. The molecule has 0 aromatic heterocycles. The molecule has 5 aromatic carbocycles. The van der Waals surface area contributed by atoms with Crippen molar-refractivity contribution >= 4 is 34.6 Å². The van der Waals surface area contributed by atoms with Crippen molar-refractivity contribution in [1.82, 2.24) is 0 Å². The minimum Gasteiger partial charge on any atom is -1.00 e. The van der Waals surface area contributed by atoms with Crippen LogP contribution in [0.2, 0.25) is 0 Å². The van der Waals surface area contributed by atoms with Crippen LogP contribution in [0, 0.1) is 6.92 Å². The Labute approximate surface area is 228 Å². The summed E-state index contributed by atoms with van der Waals surface area (Å²) in [7, 11) is -0.493. The van der Waals surface area contributed by atoms with E-state index in [1.54, 1.807) is 0 Å². The first-order valence-corrected chi connectivity index (χ1v) is 12.9. The van der Waals surface area contributed by atoms with Crippen LogP contribution in [0.5, 0.6) is 0 Å². The maximum atomic E-state index is 2.35. The molecule has 5 rings (SSSR count). The maximum Gasteiger partial charge on any atom is 4.00 e. The second-order valence-corrected chi connectivity index (χ2v) is 10.4. The Balaban J connectivity index is 0.000000407. The van der Waals surface area contributed by atoms with Crippen LogP contribution in [-0.2, 0) is 32.6 Å². The molecule has 0 fully saturated rings. The number of benzene rings is 3. The summed E-state index contributed by atoms with van der Waals surface area (Å²) in [6.45, 7) is 4.42. The molecule has 178 valence electrons. The van der Waals surface area contributed by atoms with E-state index < -0.39 is 7.92 Å². The maximum absolute atomic E-state index is 2.35. The van der Waals surface area contributed by atoms with Crippen LogP contribution in [0.25, 0.3) is 10.8 Å². The Morgan fingerprint density at radius 2 is 1.31 bits per heavy atom. The van der Waals surface area contributed by atoms with E-state index in [2.05, 4.69) is 129 Å². The van der Waals surface area contributed by atoms with Crippen LogP contribution in [-0.4, -0.2) is 0 Å². The van der Waals surface area contributed by atoms with E-state index in [1.165, 1.54) is 57.1 Å². The standard InChI is InChI=1S/C21H16P.C10H15.2FH.Zr/c1-3-11-19(12-4-1)22(20-13-5-2-6-14-20)21-15-17-9-7-8-10-18(17)16-21;1-3-4-7-10-8-5-6-9(10)2;;;/h1-16H;5-6,8H,3-4,7H2,1-2H3;2*1H;/q2*-1;;;+4/p-2. The van der Waals surface area contributed by atoms with E-state index in [9.17, 15) is 0 Å². The molecular weight excluding hydrogens is 533 g/mol. The second kappa shape index (κ2) is 15.7. The molecule has 0 amide bonds. The van der Waals surface area contributed by atoms with Crippen LogP contribution in [0.1, 0.15) is 30.9 Å². The van der Waals surface area contributed by atoms with Gasteiger partial charge < -0.3 is 9.41 Å². The third-order valence-electron chi connectivity index (χ3n) is 5.84. The quantitative estimate of drug-likeness (QED) is 0.216. The van der Waals surface area contributed by atoms with Crippen molar-refractivity contribution in [2.45, 2.75) is 33.1 Å². The number of hydrogen-bond donors (Lipinski definition) is 0. The van der Waals surface area contributed by atoms with Crippen molar-refractivity contribution in [3.63, 3.8) is 0 Å². The largest absolute Gasteiger partial charge is 4.00 e. The fourth-order valence-electron chi connectivity index (χ4n) is 4.06. The third kappa shape index (κ3) is 8.16. The van der Waals surface area contributed by atoms with E-state index >= 15 is 0 Å². The fraction of sp³-hybridized carbons (Fsp3) is 0.161. The topological polar surface area (TPSA) is 0 Å². The molecule has 0 N–H and O–H groups in total. The average Bonchev–Trinajstić information content (AvgIpc) is 3.45. The molecule has 0 aliphatic rings. The first-order chi connectivity index (χ1) is 15.8. The summed E-state index contributed by atoms with van der Waals surface area (Å²) in [4.78, 5) is 0. The van der Waals surface area contributed by atoms with Crippen molar-refractivity contribution in [3.05, 3.63) is 126 Å². The molecule has 0 radical (unpaired) electrons. The van der Waals surface area contributed by atoms with Crippen LogP contribution >= 0.6 is 7.92 Å². The van der Waals surface area contributed by atoms with Gasteiger partial charge >= 0.3 is 26.2 Å². The Kier molecular flexibility index (Phi) is 13.8. The minimum absolute atomic E-state index is 0. The molecule has 0 heterocycles. The Morgan fingerprint density at radius 1 is 0.743 bits per heavy atom. The van der Waals surface area contributed by atoms with E-state index in [-0.39, 0.29) is 35.6 Å².